The number of nitrogens with one attached hydrogen (secondary N) is 2. The van der Waals surface area contributed by atoms with Crippen LogP contribution >= 0.6 is 0 Å². The van der Waals surface area contributed by atoms with Crippen LogP contribution in [0.2, 0.25) is 0 Å². The molecule has 2 aliphatic rings. The number of hydrogen-bond donors (Lipinski definition) is 3. The predicted molar refractivity (Wildman–Crippen MR) is 76.0 cm³/mol. The summed E-state index contributed by atoms with van der Waals surface area (Å²) in [5.74, 6) is 8.49. The minimum Gasteiger partial charge on any atom is -0.368 e. The fraction of sp³-hybridized carbons (Fsp3) is 0.692. The van der Waals surface area contributed by atoms with Crippen LogP contribution < -0.4 is 16.6 Å². The molecule has 1 saturated heterocycles. The smallest absolute Gasteiger partial charge is 0.145 e. The van der Waals surface area contributed by atoms with E-state index in [1.165, 1.54) is 32.2 Å². The minimum atomic E-state index is 0.531. The zero-order valence-electron chi connectivity index (χ0n) is 11.4. The van der Waals surface area contributed by atoms with Crippen molar-refractivity contribution in [3.8, 4) is 0 Å². The predicted octanol–water partition coefficient (Wildman–Crippen LogP) is 1.15. The van der Waals surface area contributed by atoms with Gasteiger partial charge in [0.15, 0.2) is 0 Å². The number of aromatic nitrogens is 2. The standard InChI is InChI=1S/C13H22N6/c1-19-6-2-3-10(19)8-15-11-7-12(18-14)17-13(16-11)9-4-5-9/h7,9-10H,2-6,8,14H2,1H3,(H2,15,16,17,18). The van der Waals surface area contributed by atoms with Crippen molar-refractivity contribution in [2.75, 3.05) is 30.9 Å². The van der Waals surface area contributed by atoms with Crippen LogP contribution in [0.25, 0.3) is 0 Å². The second-order valence-electron chi connectivity index (χ2n) is 5.57. The summed E-state index contributed by atoms with van der Waals surface area (Å²) >= 11 is 0. The highest BCUT2D eigenvalue weighted by molar-refractivity contribution is 5.47. The zero-order chi connectivity index (χ0) is 13.2. The van der Waals surface area contributed by atoms with Gasteiger partial charge in [-0.25, -0.2) is 15.8 Å². The molecule has 1 aromatic heterocycles. The first-order valence-electron chi connectivity index (χ1n) is 7.06. The number of rotatable bonds is 5. The molecule has 6 heteroatoms. The van der Waals surface area contributed by atoms with Crippen LogP contribution in [-0.2, 0) is 0 Å². The molecule has 4 N–H and O–H groups in total. The number of hydrogen-bond acceptors (Lipinski definition) is 6. The number of likely N-dealkylation sites (tertiary alicyclic amines) is 1. The molecular formula is C13H22N6. The Hall–Kier alpha value is -1.40. The van der Waals surface area contributed by atoms with Gasteiger partial charge < -0.3 is 15.6 Å². The molecule has 2 heterocycles. The largest absolute Gasteiger partial charge is 0.368 e. The van der Waals surface area contributed by atoms with E-state index in [4.69, 9.17) is 5.84 Å². The first-order chi connectivity index (χ1) is 9.26. The average Bonchev–Trinajstić information content (AvgIpc) is 3.20. The lowest BCUT2D eigenvalue weighted by atomic mass is 10.2. The Labute approximate surface area is 113 Å². The highest BCUT2D eigenvalue weighted by atomic mass is 15.3. The number of nitrogens with two attached hydrogens (primary N) is 1. The summed E-state index contributed by atoms with van der Waals surface area (Å²) < 4.78 is 0. The molecule has 19 heavy (non-hydrogen) atoms. The maximum atomic E-state index is 5.47. The van der Waals surface area contributed by atoms with Crippen molar-refractivity contribution >= 4 is 11.6 Å². The molecule has 3 rings (SSSR count). The fourth-order valence-corrected chi connectivity index (χ4v) is 2.61. The van der Waals surface area contributed by atoms with Gasteiger partial charge in [-0.15, -0.1) is 0 Å². The molecule has 0 radical (unpaired) electrons. The molecule has 104 valence electrons. The monoisotopic (exact) mass is 262 g/mol. The zero-order valence-corrected chi connectivity index (χ0v) is 11.4. The molecule has 1 unspecified atom stereocenters. The second-order valence-corrected chi connectivity index (χ2v) is 5.57. The molecule has 1 saturated carbocycles. The number of nitrogen functional groups attached to an aromatic ring is 1. The molecule has 0 aromatic carbocycles. The Kier molecular flexibility index (Phi) is 3.52. The van der Waals surface area contributed by atoms with Crippen molar-refractivity contribution in [2.24, 2.45) is 5.84 Å². The Morgan fingerprint density at radius 1 is 1.32 bits per heavy atom. The Balaban J connectivity index is 1.67. The Morgan fingerprint density at radius 2 is 2.11 bits per heavy atom. The van der Waals surface area contributed by atoms with Crippen molar-refractivity contribution in [3.05, 3.63) is 11.9 Å². The van der Waals surface area contributed by atoms with Gasteiger partial charge in [0.25, 0.3) is 0 Å². The van der Waals surface area contributed by atoms with E-state index in [0.29, 0.717) is 17.8 Å². The van der Waals surface area contributed by atoms with E-state index in [9.17, 15) is 0 Å². The van der Waals surface area contributed by atoms with Gasteiger partial charge in [-0.2, -0.15) is 0 Å². The SMILES string of the molecule is CN1CCCC1CNc1cc(NN)nc(C2CC2)n1. The van der Waals surface area contributed by atoms with Gasteiger partial charge >= 0.3 is 0 Å². The maximum absolute atomic E-state index is 5.47. The number of nitrogens with zero attached hydrogens (tertiary/aromatic N) is 3. The van der Waals surface area contributed by atoms with E-state index in [1.807, 2.05) is 6.07 Å². The summed E-state index contributed by atoms with van der Waals surface area (Å²) in [6.07, 6.45) is 4.93. The average molecular weight is 262 g/mol. The van der Waals surface area contributed by atoms with E-state index in [0.717, 1.165) is 18.2 Å². The molecule has 1 atom stereocenters. The first-order valence-corrected chi connectivity index (χ1v) is 7.06. The lowest BCUT2D eigenvalue weighted by Crippen LogP contribution is -2.31. The third-order valence-electron chi connectivity index (χ3n) is 4.02. The highest BCUT2D eigenvalue weighted by Gasteiger charge is 2.27. The maximum Gasteiger partial charge on any atom is 0.145 e. The summed E-state index contributed by atoms with van der Waals surface area (Å²) in [7, 11) is 2.18. The van der Waals surface area contributed by atoms with Crippen molar-refractivity contribution in [2.45, 2.75) is 37.6 Å². The molecule has 0 bridgehead atoms. The van der Waals surface area contributed by atoms with Crippen LogP contribution in [0.5, 0.6) is 0 Å². The quantitative estimate of drug-likeness (QED) is 0.545. The van der Waals surface area contributed by atoms with Crippen molar-refractivity contribution in [1.29, 1.82) is 0 Å². The van der Waals surface area contributed by atoms with Crippen LogP contribution in [0.1, 0.15) is 37.4 Å². The van der Waals surface area contributed by atoms with Gasteiger partial charge in [-0.05, 0) is 39.3 Å². The number of hydrazine groups is 1. The van der Waals surface area contributed by atoms with E-state index < -0.39 is 0 Å². The van der Waals surface area contributed by atoms with Crippen LogP contribution in [0, 0.1) is 0 Å². The second kappa shape index (κ2) is 5.30. The highest BCUT2D eigenvalue weighted by Crippen LogP contribution is 2.38. The summed E-state index contributed by atoms with van der Waals surface area (Å²) in [4.78, 5) is 11.4. The van der Waals surface area contributed by atoms with Gasteiger partial charge in [0, 0.05) is 24.6 Å². The lowest BCUT2D eigenvalue weighted by molar-refractivity contribution is 0.322. The Bertz CT molecular complexity index is 445. The molecule has 1 aliphatic carbocycles. The van der Waals surface area contributed by atoms with Crippen LogP contribution in [0.15, 0.2) is 6.07 Å². The van der Waals surface area contributed by atoms with E-state index in [1.54, 1.807) is 0 Å². The summed E-state index contributed by atoms with van der Waals surface area (Å²) in [5, 5.41) is 3.43. The fourth-order valence-electron chi connectivity index (χ4n) is 2.61. The summed E-state index contributed by atoms with van der Waals surface area (Å²) in [6, 6.07) is 2.48. The topological polar surface area (TPSA) is 79.1 Å². The van der Waals surface area contributed by atoms with Crippen molar-refractivity contribution in [3.63, 3.8) is 0 Å². The molecule has 2 fully saturated rings. The van der Waals surface area contributed by atoms with Crippen LogP contribution in [-0.4, -0.2) is 41.0 Å². The molecule has 0 amide bonds. The first kappa shape index (κ1) is 12.6. The van der Waals surface area contributed by atoms with Crippen LogP contribution in [0.4, 0.5) is 11.6 Å². The number of anilines is 2. The van der Waals surface area contributed by atoms with Gasteiger partial charge in [-0.1, -0.05) is 0 Å². The van der Waals surface area contributed by atoms with Gasteiger partial charge in [0.1, 0.15) is 17.5 Å². The molecule has 1 aliphatic heterocycles. The van der Waals surface area contributed by atoms with Gasteiger partial charge in [-0.3, -0.25) is 0 Å². The van der Waals surface area contributed by atoms with Crippen molar-refractivity contribution in [1.82, 2.24) is 14.9 Å². The molecule has 1 aromatic rings. The minimum absolute atomic E-state index is 0.531. The van der Waals surface area contributed by atoms with Gasteiger partial charge in [0.2, 0.25) is 0 Å². The molecular weight excluding hydrogens is 240 g/mol. The lowest BCUT2D eigenvalue weighted by Gasteiger charge is -2.20. The third kappa shape index (κ3) is 2.96. The van der Waals surface area contributed by atoms with E-state index in [2.05, 4.69) is 32.7 Å². The summed E-state index contributed by atoms with van der Waals surface area (Å²) in [5.41, 5.74) is 2.63. The number of likely N-dealkylation sites (N-methyl/N-ethyl adjacent to an activating group) is 1. The van der Waals surface area contributed by atoms with E-state index in [-0.39, 0.29) is 0 Å². The Morgan fingerprint density at radius 3 is 2.74 bits per heavy atom. The normalized spacial score (nSPS) is 23.6. The van der Waals surface area contributed by atoms with E-state index >= 15 is 0 Å². The molecule has 0 spiro atoms. The third-order valence-corrected chi connectivity index (χ3v) is 4.02. The summed E-state index contributed by atoms with van der Waals surface area (Å²) in [6.45, 7) is 2.13. The molecule has 6 nitrogen and oxygen atoms in total. The van der Waals surface area contributed by atoms with Gasteiger partial charge in [0.05, 0.1) is 0 Å². The van der Waals surface area contributed by atoms with Crippen LogP contribution in [0.3, 0.4) is 0 Å². The van der Waals surface area contributed by atoms with Crippen molar-refractivity contribution < 1.29 is 0 Å².